The van der Waals surface area contributed by atoms with E-state index in [4.69, 9.17) is 9.47 Å². The summed E-state index contributed by atoms with van der Waals surface area (Å²) in [6.07, 6.45) is 2.50. The molecule has 1 unspecified atom stereocenters. The molecule has 0 bridgehead atoms. The van der Waals surface area contributed by atoms with Crippen molar-refractivity contribution in [2.75, 3.05) is 19.8 Å². The maximum absolute atomic E-state index is 11.6. The lowest BCUT2D eigenvalue weighted by Crippen LogP contribution is -2.50. The van der Waals surface area contributed by atoms with Crippen molar-refractivity contribution in [1.82, 2.24) is 4.90 Å². The van der Waals surface area contributed by atoms with Gasteiger partial charge < -0.3 is 14.4 Å². The largest absolute Gasteiger partial charge is 0.494 e. The number of ether oxygens (including phenoxy) is 2. The van der Waals surface area contributed by atoms with Crippen molar-refractivity contribution in [2.24, 2.45) is 0 Å². The van der Waals surface area contributed by atoms with Crippen molar-refractivity contribution in [2.45, 2.75) is 19.4 Å². The van der Waals surface area contributed by atoms with E-state index >= 15 is 0 Å². The van der Waals surface area contributed by atoms with E-state index in [9.17, 15) is 4.79 Å². The van der Waals surface area contributed by atoms with Crippen LogP contribution >= 0.6 is 0 Å². The second-order valence-electron chi connectivity index (χ2n) is 3.34. The molecule has 1 amide bonds. The molecule has 2 aliphatic heterocycles. The maximum Gasteiger partial charge on any atom is 0.292 e. The van der Waals surface area contributed by atoms with Crippen LogP contribution in [0.5, 0.6) is 0 Å². The lowest BCUT2D eigenvalue weighted by Gasteiger charge is -2.39. The first-order valence-corrected chi connectivity index (χ1v) is 4.54. The van der Waals surface area contributed by atoms with Gasteiger partial charge in [-0.1, -0.05) is 0 Å². The fourth-order valence-corrected chi connectivity index (χ4v) is 1.44. The summed E-state index contributed by atoms with van der Waals surface area (Å²) < 4.78 is 10.2. The number of amides is 1. The molecular weight excluding hydrogens is 170 g/mol. The smallest absolute Gasteiger partial charge is 0.292 e. The molecule has 1 atom stereocenters. The van der Waals surface area contributed by atoms with Gasteiger partial charge in [-0.25, -0.2) is 0 Å². The Kier molecular flexibility index (Phi) is 2.12. The Morgan fingerprint density at radius 1 is 1.62 bits per heavy atom. The van der Waals surface area contributed by atoms with Crippen molar-refractivity contribution in [1.29, 1.82) is 0 Å². The van der Waals surface area contributed by atoms with Gasteiger partial charge in [0.05, 0.1) is 0 Å². The van der Waals surface area contributed by atoms with Crippen molar-refractivity contribution in [3.63, 3.8) is 0 Å². The molecule has 13 heavy (non-hydrogen) atoms. The van der Waals surface area contributed by atoms with Crippen LogP contribution in [-0.4, -0.2) is 36.6 Å². The summed E-state index contributed by atoms with van der Waals surface area (Å²) in [5.74, 6) is 0.302. The SMILES string of the molecule is CC1CCN1C(=O)C1=COCCO1. The molecule has 0 aromatic carbocycles. The minimum Gasteiger partial charge on any atom is -0.494 e. The van der Waals surface area contributed by atoms with Crippen LogP contribution < -0.4 is 0 Å². The van der Waals surface area contributed by atoms with Gasteiger partial charge in [-0.15, -0.1) is 0 Å². The summed E-state index contributed by atoms with van der Waals surface area (Å²) in [7, 11) is 0. The van der Waals surface area contributed by atoms with Crippen molar-refractivity contribution >= 4 is 5.91 Å². The van der Waals surface area contributed by atoms with Gasteiger partial charge in [-0.05, 0) is 13.3 Å². The number of likely N-dealkylation sites (tertiary alicyclic amines) is 1. The standard InChI is InChI=1S/C9H13NO3/c1-7-2-3-10(7)9(11)8-6-12-4-5-13-8/h6-7H,2-5H2,1H3. The van der Waals surface area contributed by atoms with Gasteiger partial charge in [0, 0.05) is 12.6 Å². The summed E-state index contributed by atoms with van der Waals surface area (Å²) in [4.78, 5) is 13.4. The minimum atomic E-state index is -0.0431. The van der Waals surface area contributed by atoms with Gasteiger partial charge in [0.15, 0.2) is 0 Å². The summed E-state index contributed by atoms with van der Waals surface area (Å²) in [6.45, 7) is 3.87. The van der Waals surface area contributed by atoms with E-state index in [1.54, 1.807) is 4.90 Å². The molecule has 0 aliphatic carbocycles. The van der Waals surface area contributed by atoms with Gasteiger partial charge in [0.2, 0.25) is 5.76 Å². The second kappa shape index (κ2) is 3.28. The highest BCUT2D eigenvalue weighted by atomic mass is 16.6. The predicted octanol–water partition coefficient (Wildman–Crippen LogP) is 0.495. The van der Waals surface area contributed by atoms with Crippen molar-refractivity contribution in [3.8, 4) is 0 Å². The third kappa shape index (κ3) is 1.48. The molecule has 2 aliphatic rings. The van der Waals surface area contributed by atoms with Gasteiger partial charge in [-0.3, -0.25) is 4.79 Å². The number of rotatable bonds is 1. The molecule has 1 saturated heterocycles. The lowest BCUT2D eigenvalue weighted by atomic mass is 10.1. The molecule has 0 N–H and O–H groups in total. The first kappa shape index (κ1) is 8.41. The fraction of sp³-hybridized carbons (Fsp3) is 0.667. The molecule has 4 nitrogen and oxygen atoms in total. The monoisotopic (exact) mass is 183 g/mol. The first-order chi connectivity index (χ1) is 6.29. The molecule has 0 aromatic rings. The van der Waals surface area contributed by atoms with Crippen LogP contribution in [-0.2, 0) is 14.3 Å². The summed E-state index contributed by atoms with van der Waals surface area (Å²) >= 11 is 0. The van der Waals surface area contributed by atoms with Gasteiger partial charge in [-0.2, -0.15) is 0 Å². The van der Waals surface area contributed by atoms with E-state index in [0.29, 0.717) is 25.0 Å². The van der Waals surface area contributed by atoms with Crippen molar-refractivity contribution in [3.05, 3.63) is 12.0 Å². The third-order valence-electron chi connectivity index (χ3n) is 2.44. The highest BCUT2D eigenvalue weighted by Gasteiger charge is 2.31. The summed E-state index contributed by atoms with van der Waals surface area (Å²) in [5, 5.41) is 0. The van der Waals surface area contributed by atoms with E-state index in [1.807, 2.05) is 6.92 Å². The highest BCUT2D eigenvalue weighted by Crippen LogP contribution is 2.20. The normalized spacial score (nSPS) is 26.7. The van der Waals surface area contributed by atoms with Crippen LogP contribution in [0.1, 0.15) is 13.3 Å². The third-order valence-corrected chi connectivity index (χ3v) is 2.44. The summed E-state index contributed by atoms with van der Waals surface area (Å²) in [5.41, 5.74) is 0. The van der Waals surface area contributed by atoms with E-state index < -0.39 is 0 Å². The van der Waals surface area contributed by atoms with Gasteiger partial charge in [0.1, 0.15) is 19.5 Å². The molecule has 72 valence electrons. The number of hydrogen-bond acceptors (Lipinski definition) is 3. The maximum atomic E-state index is 11.6. The van der Waals surface area contributed by atoms with Crippen LogP contribution in [0.15, 0.2) is 12.0 Å². The van der Waals surface area contributed by atoms with Crippen LogP contribution in [0.2, 0.25) is 0 Å². The zero-order chi connectivity index (χ0) is 9.26. The van der Waals surface area contributed by atoms with E-state index in [1.165, 1.54) is 6.26 Å². The number of carbonyl (C=O) groups excluding carboxylic acids is 1. The Bertz CT molecular complexity index is 249. The molecule has 0 spiro atoms. The minimum absolute atomic E-state index is 0.0431. The van der Waals surface area contributed by atoms with Crippen molar-refractivity contribution < 1.29 is 14.3 Å². The summed E-state index contributed by atoms with van der Waals surface area (Å²) in [6, 6.07) is 0.346. The molecule has 0 aromatic heterocycles. The second-order valence-corrected chi connectivity index (χ2v) is 3.34. The van der Waals surface area contributed by atoms with Crippen LogP contribution in [0.3, 0.4) is 0 Å². The molecule has 0 saturated carbocycles. The number of hydrogen-bond donors (Lipinski definition) is 0. The van der Waals surface area contributed by atoms with Gasteiger partial charge in [0.25, 0.3) is 5.91 Å². The predicted molar refractivity (Wildman–Crippen MR) is 45.8 cm³/mol. The Morgan fingerprint density at radius 3 is 2.92 bits per heavy atom. The Balaban J connectivity index is 1.99. The number of nitrogens with zero attached hydrogens (tertiary/aromatic N) is 1. The Morgan fingerprint density at radius 2 is 2.46 bits per heavy atom. The average Bonchev–Trinajstić information content (AvgIpc) is 2.17. The zero-order valence-electron chi connectivity index (χ0n) is 7.66. The molecule has 2 heterocycles. The van der Waals surface area contributed by atoms with Crippen LogP contribution in [0.25, 0.3) is 0 Å². The van der Waals surface area contributed by atoms with E-state index in [2.05, 4.69) is 0 Å². The molecule has 1 fully saturated rings. The zero-order valence-corrected chi connectivity index (χ0v) is 7.66. The first-order valence-electron chi connectivity index (χ1n) is 4.54. The quantitative estimate of drug-likeness (QED) is 0.594. The molecule has 4 heteroatoms. The number of carbonyl (C=O) groups is 1. The Hall–Kier alpha value is -1.19. The molecular formula is C9H13NO3. The lowest BCUT2D eigenvalue weighted by molar-refractivity contribution is -0.139. The molecule has 2 rings (SSSR count). The molecule has 0 radical (unpaired) electrons. The van der Waals surface area contributed by atoms with Crippen LogP contribution in [0, 0.1) is 0 Å². The Labute approximate surface area is 77.1 Å². The van der Waals surface area contributed by atoms with E-state index in [0.717, 1.165) is 13.0 Å². The van der Waals surface area contributed by atoms with E-state index in [-0.39, 0.29) is 5.91 Å². The topological polar surface area (TPSA) is 38.8 Å². The fourth-order valence-electron chi connectivity index (χ4n) is 1.44. The average molecular weight is 183 g/mol. The van der Waals surface area contributed by atoms with Crippen LogP contribution in [0.4, 0.5) is 0 Å². The van der Waals surface area contributed by atoms with Gasteiger partial charge >= 0.3 is 0 Å². The highest BCUT2D eigenvalue weighted by molar-refractivity contribution is 5.92.